The predicted octanol–water partition coefficient (Wildman–Crippen LogP) is 6.14. The predicted molar refractivity (Wildman–Crippen MR) is 82.7 cm³/mol. The summed E-state index contributed by atoms with van der Waals surface area (Å²) in [5.74, 6) is 0.734. The molecule has 0 N–H and O–H groups in total. The highest BCUT2D eigenvalue weighted by atomic mass is 14.3. The summed E-state index contributed by atoms with van der Waals surface area (Å²) in [7, 11) is 0. The molecule has 1 aliphatic carbocycles. The molecule has 0 aromatic heterocycles. The van der Waals surface area contributed by atoms with Crippen LogP contribution in [0.4, 0.5) is 0 Å². The largest absolute Gasteiger partial charge is 0.0694 e. The van der Waals surface area contributed by atoms with Crippen molar-refractivity contribution in [3.8, 4) is 0 Å². The van der Waals surface area contributed by atoms with E-state index in [9.17, 15) is 0 Å². The van der Waals surface area contributed by atoms with Gasteiger partial charge in [0.1, 0.15) is 0 Å². The van der Waals surface area contributed by atoms with Crippen molar-refractivity contribution in [1.82, 2.24) is 0 Å². The van der Waals surface area contributed by atoms with Crippen molar-refractivity contribution in [2.75, 3.05) is 0 Å². The van der Waals surface area contributed by atoms with Crippen LogP contribution in [0.25, 0.3) is 0 Å². The van der Waals surface area contributed by atoms with Gasteiger partial charge in [0, 0.05) is 0 Å². The van der Waals surface area contributed by atoms with Crippen molar-refractivity contribution < 1.29 is 0 Å². The quantitative estimate of drug-likeness (QED) is 0.562. The van der Waals surface area contributed by atoms with Crippen LogP contribution in [0.1, 0.15) is 74.1 Å². The molecule has 0 saturated carbocycles. The highest BCUT2D eigenvalue weighted by Crippen LogP contribution is 2.35. The number of hydrogen-bond donors (Lipinski definition) is 0. The van der Waals surface area contributed by atoms with Crippen molar-refractivity contribution in [2.24, 2.45) is 16.7 Å². The molecule has 0 aliphatic heterocycles. The van der Waals surface area contributed by atoms with Crippen LogP contribution < -0.4 is 0 Å². The zero-order valence-electron chi connectivity index (χ0n) is 13.6. The van der Waals surface area contributed by atoms with E-state index in [0.29, 0.717) is 10.8 Å². The summed E-state index contributed by atoms with van der Waals surface area (Å²) in [6.45, 7) is 16.4. The van der Waals surface area contributed by atoms with Gasteiger partial charge >= 0.3 is 0 Å². The molecule has 0 bridgehead atoms. The molecule has 0 fully saturated rings. The normalized spacial score (nSPS) is 19.3. The Kier molecular flexibility index (Phi) is 4.86. The van der Waals surface area contributed by atoms with Crippen molar-refractivity contribution in [2.45, 2.75) is 74.1 Å². The molecule has 0 saturated heterocycles. The first-order valence-corrected chi connectivity index (χ1v) is 7.45. The molecule has 104 valence electrons. The summed E-state index contributed by atoms with van der Waals surface area (Å²) in [5, 5.41) is 0. The van der Waals surface area contributed by atoms with Crippen LogP contribution >= 0.6 is 0 Å². The van der Waals surface area contributed by atoms with E-state index in [2.05, 4.69) is 60.6 Å². The van der Waals surface area contributed by atoms with Gasteiger partial charge in [-0.25, -0.2) is 0 Å². The lowest BCUT2D eigenvalue weighted by atomic mass is 9.78. The first-order chi connectivity index (χ1) is 8.07. The van der Waals surface area contributed by atoms with Gasteiger partial charge in [-0.15, -0.1) is 0 Å². The number of hydrogen-bond acceptors (Lipinski definition) is 0. The standard InChI is InChI=1S/C18H32/c1-14(12-17(2,3)4)16-10-8-15(9-11-16)13-18(5,6)7/h8,10,14H,9,11-13H2,1-7H3. The summed E-state index contributed by atoms with van der Waals surface area (Å²) in [4.78, 5) is 0. The molecule has 0 aromatic rings. The van der Waals surface area contributed by atoms with Crippen molar-refractivity contribution in [1.29, 1.82) is 0 Å². The molecular formula is C18H32. The lowest BCUT2D eigenvalue weighted by Crippen LogP contribution is -2.14. The SMILES string of the molecule is CC(CC(C)(C)C)C1=CC=C(CC(C)(C)C)CC1. The van der Waals surface area contributed by atoms with E-state index in [1.165, 1.54) is 25.7 Å². The molecule has 0 heterocycles. The molecule has 0 nitrogen and oxygen atoms in total. The van der Waals surface area contributed by atoms with Gasteiger partial charge in [0.05, 0.1) is 0 Å². The Labute approximate surface area is 115 Å². The second-order valence-corrected chi connectivity index (χ2v) is 8.47. The molecule has 0 heteroatoms. The highest BCUT2D eigenvalue weighted by Gasteiger charge is 2.20. The summed E-state index contributed by atoms with van der Waals surface area (Å²) in [6.07, 6.45) is 9.88. The van der Waals surface area contributed by atoms with E-state index in [4.69, 9.17) is 0 Å². The first-order valence-electron chi connectivity index (χ1n) is 7.45. The summed E-state index contributed by atoms with van der Waals surface area (Å²) in [6, 6.07) is 0. The second kappa shape index (κ2) is 5.63. The van der Waals surface area contributed by atoms with E-state index in [1.54, 1.807) is 11.1 Å². The Morgan fingerprint density at radius 1 is 0.944 bits per heavy atom. The van der Waals surface area contributed by atoms with Crippen LogP contribution in [-0.2, 0) is 0 Å². The molecule has 0 spiro atoms. The van der Waals surface area contributed by atoms with E-state index in [0.717, 1.165) is 5.92 Å². The fourth-order valence-corrected chi connectivity index (χ4v) is 2.99. The Balaban J connectivity index is 2.62. The molecule has 18 heavy (non-hydrogen) atoms. The lowest BCUT2D eigenvalue weighted by Gasteiger charge is -2.28. The summed E-state index contributed by atoms with van der Waals surface area (Å²) in [5.41, 5.74) is 4.15. The van der Waals surface area contributed by atoms with Crippen LogP contribution in [0.5, 0.6) is 0 Å². The van der Waals surface area contributed by atoms with Gasteiger partial charge in [0.2, 0.25) is 0 Å². The van der Waals surface area contributed by atoms with Crippen molar-refractivity contribution in [3.63, 3.8) is 0 Å². The third kappa shape index (κ3) is 5.89. The monoisotopic (exact) mass is 248 g/mol. The minimum atomic E-state index is 0.425. The van der Waals surface area contributed by atoms with Gasteiger partial charge in [-0.1, -0.05) is 71.8 Å². The van der Waals surface area contributed by atoms with Crippen molar-refractivity contribution in [3.05, 3.63) is 23.3 Å². The average Bonchev–Trinajstić information content (AvgIpc) is 2.13. The maximum absolute atomic E-state index is 2.40. The van der Waals surface area contributed by atoms with Gasteiger partial charge in [0.25, 0.3) is 0 Å². The molecule has 1 rings (SSSR count). The Bertz CT molecular complexity index is 328. The minimum Gasteiger partial charge on any atom is -0.0694 e. The van der Waals surface area contributed by atoms with Gasteiger partial charge in [-0.3, -0.25) is 0 Å². The fourth-order valence-electron chi connectivity index (χ4n) is 2.99. The number of allylic oxidation sites excluding steroid dienone is 4. The fraction of sp³-hybridized carbons (Fsp3) is 0.778. The molecule has 1 aliphatic rings. The molecule has 1 unspecified atom stereocenters. The Morgan fingerprint density at radius 2 is 1.56 bits per heavy atom. The zero-order valence-corrected chi connectivity index (χ0v) is 13.6. The lowest BCUT2D eigenvalue weighted by molar-refractivity contribution is 0.325. The smallest absolute Gasteiger partial charge is 0.0223 e. The van der Waals surface area contributed by atoms with E-state index in [-0.39, 0.29) is 0 Å². The minimum absolute atomic E-state index is 0.425. The van der Waals surface area contributed by atoms with Gasteiger partial charge in [0.15, 0.2) is 0 Å². The summed E-state index contributed by atoms with van der Waals surface area (Å²) >= 11 is 0. The first kappa shape index (κ1) is 15.5. The third-order valence-corrected chi connectivity index (χ3v) is 3.58. The topological polar surface area (TPSA) is 0 Å². The second-order valence-electron chi connectivity index (χ2n) is 8.47. The van der Waals surface area contributed by atoms with Gasteiger partial charge in [-0.2, -0.15) is 0 Å². The highest BCUT2D eigenvalue weighted by molar-refractivity contribution is 5.26. The van der Waals surface area contributed by atoms with Crippen LogP contribution in [-0.4, -0.2) is 0 Å². The zero-order chi connectivity index (χ0) is 14.0. The Hall–Kier alpha value is -0.520. The average molecular weight is 248 g/mol. The molecular weight excluding hydrogens is 216 g/mol. The van der Waals surface area contributed by atoms with Crippen LogP contribution in [0.15, 0.2) is 23.3 Å². The van der Waals surface area contributed by atoms with Crippen molar-refractivity contribution >= 4 is 0 Å². The molecule has 0 radical (unpaired) electrons. The molecule has 0 amide bonds. The number of rotatable bonds is 3. The van der Waals surface area contributed by atoms with E-state index >= 15 is 0 Å². The van der Waals surface area contributed by atoms with Gasteiger partial charge < -0.3 is 0 Å². The van der Waals surface area contributed by atoms with Crippen LogP contribution in [0.2, 0.25) is 0 Å². The van der Waals surface area contributed by atoms with E-state index in [1.807, 2.05) is 0 Å². The van der Waals surface area contributed by atoms with Crippen LogP contribution in [0.3, 0.4) is 0 Å². The van der Waals surface area contributed by atoms with E-state index < -0.39 is 0 Å². The molecule has 0 aromatic carbocycles. The Morgan fingerprint density at radius 3 is 1.94 bits per heavy atom. The third-order valence-electron chi connectivity index (χ3n) is 3.58. The van der Waals surface area contributed by atoms with Gasteiger partial charge in [-0.05, 0) is 42.4 Å². The van der Waals surface area contributed by atoms with Crippen LogP contribution in [0, 0.1) is 16.7 Å². The maximum atomic E-state index is 2.40. The maximum Gasteiger partial charge on any atom is -0.0223 e. The summed E-state index contributed by atoms with van der Waals surface area (Å²) < 4.78 is 0. The molecule has 1 atom stereocenters.